The van der Waals surface area contributed by atoms with Crippen molar-refractivity contribution < 1.29 is 13.7 Å². The Morgan fingerprint density at radius 2 is 1.86 bits per heavy atom. The highest BCUT2D eigenvalue weighted by molar-refractivity contribution is 9.10. The fraction of sp³-hybridized carbons (Fsp3) is 0.318. The van der Waals surface area contributed by atoms with E-state index in [4.69, 9.17) is 4.52 Å². The van der Waals surface area contributed by atoms with E-state index < -0.39 is 0 Å². The van der Waals surface area contributed by atoms with Crippen LogP contribution < -0.4 is 0 Å². The molecule has 0 saturated carbocycles. The van der Waals surface area contributed by atoms with Crippen LogP contribution in [0.15, 0.2) is 57.5 Å². The average molecular weight is 460 g/mol. The summed E-state index contributed by atoms with van der Waals surface area (Å²) in [5.41, 5.74) is 1.66. The normalized spacial score (nSPS) is 12.0. The van der Waals surface area contributed by atoms with Crippen LogP contribution in [0.3, 0.4) is 0 Å². The van der Waals surface area contributed by atoms with E-state index in [2.05, 4.69) is 26.1 Å². The molecule has 0 unspecified atom stereocenters. The zero-order valence-electron chi connectivity index (χ0n) is 16.4. The summed E-state index contributed by atoms with van der Waals surface area (Å²) in [6.07, 6.45) is 1.55. The second-order valence-electron chi connectivity index (χ2n) is 6.92. The first-order chi connectivity index (χ1) is 14.0. The van der Waals surface area contributed by atoms with Crippen LogP contribution in [0.5, 0.6) is 0 Å². The van der Waals surface area contributed by atoms with Gasteiger partial charge in [-0.1, -0.05) is 40.1 Å². The molecular weight excluding hydrogens is 437 g/mol. The summed E-state index contributed by atoms with van der Waals surface area (Å²) in [4.78, 5) is 19.1. The number of carbonyl (C=O) groups is 1. The lowest BCUT2D eigenvalue weighted by atomic mass is 10.1. The van der Waals surface area contributed by atoms with Crippen molar-refractivity contribution in [1.82, 2.24) is 15.0 Å². The second-order valence-corrected chi connectivity index (χ2v) is 7.83. The zero-order chi connectivity index (χ0) is 20.8. The molecule has 0 aliphatic heterocycles. The molecule has 0 saturated heterocycles. The van der Waals surface area contributed by atoms with Gasteiger partial charge in [-0.3, -0.25) is 4.79 Å². The molecule has 29 heavy (non-hydrogen) atoms. The summed E-state index contributed by atoms with van der Waals surface area (Å²) >= 11 is 3.40. The largest absolute Gasteiger partial charge is 0.339 e. The molecule has 0 spiro atoms. The van der Waals surface area contributed by atoms with Crippen LogP contribution in [0.2, 0.25) is 0 Å². The molecule has 1 aromatic heterocycles. The van der Waals surface area contributed by atoms with Gasteiger partial charge in [0.1, 0.15) is 5.82 Å². The SMILES string of the molecule is CC[C@H](C)N(CCc1nc(-c2ccc(Br)cc2)no1)C(=O)Cc1ccc(F)cc1. The molecule has 2 aromatic carbocycles. The molecule has 0 radical (unpaired) electrons. The Morgan fingerprint density at radius 3 is 2.52 bits per heavy atom. The molecule has 1 heterocycles. The summed E-state index contributed by atoms with van der Waals surface area (Å²) in [5.74, 6) is 0.711. The Hall–Kier alpha value is -2.54. The van der Waals surface area contributed by atoms with Gasteiger partial charge in [0.2, 0.25) is 17.6 Å². The van der Waals surface area contributed by atoms with Gasteiger partial charge in [0, 0.05) is 29.0 Å². The smallest absolute Gasteiger partial charge is 0.228 e. The summed E-state index contributed by atoms with van der Waals surface area (Å²) in [6, 6.07) is 13.8. The van der Waals surface area contributed by atoms with Crippen LogP contribution in [-0.4, -0.2) is 33.5 Å². The maximum absolute atomic E-state index is 13.1. The lowest BCUT2D eigenvalue weighted by molar-refractivity contribution is -0.132. The summed E-state index contributed by atoms with van der Waals surface area (Å²) < 4.78 is 19.4. The van der Waals surface area contributed by atoms with Crippen molar-refractivity contribution in [2.45, 2.75) is 39.2 Å². The van der Waals surface area contributed by atoms with Crippen LogP contribution in [0.4, 0.5) is 4.39 Å². The van der Waals surface area contributed by atoms with Gasteiger partial charge in [-0.2, -0.15) is 4.98 Å². The van der Waals surface area contributed by atoms with Crippen molar-refractivity contribution in [3.05, 3.63) is 70.3 Å². The van der Waals surface area contributed by atoms with Crippen molar-refractivity contribution in [1.29, 1.82) is 0 Å². The van der Waals surface area contributed by atoms with E-state index in [9.17, 15) is 9.18 Å². The number of nitrogens with zero attached hydrogens (tertiary/aromatic N) is 3. The van der Waals surface area contributed by atoms with Crippen LogP contribution in [0.1, 0.15) is 31.7 Å². The third-order valence-corrected chi connectivity index (χ3v) is 5.38. The number of benzene rings is 2. The van der Waals surface area contributed by atoms with Gasteiger partial charge < -0.3 is 9.42 Å². The number of rotatable bonds is 8. The molecule has 0 N–H and O–H groups in total. The number of halogens is 2. The van der Waals surface area contributed by atoms with Crippen molar-refractivity contribution >= 4 is 21.8 Å². The Bertz CT molecular complexity index is 941. The molecule has 3 aromatic rings. The number of amides is 1. The van der Waals surface area contributed by atoms with Crippen molar-refractivity contribution in [3.8, 4) is 11.4 Å². The van der Waals surface area contributed by atoms with Gasteiger partial charge in [-0.25, -0.2) is 4.39 Å². The van der Waals surface area contributed by atoms with E-state index in [1.54, 1.807) is 12.1 Å². The number of aromatic nitrogens is 2. The lowest BCUT2D eigenvalue weighted by Crippen LogP contribution is -2.40. The third kappa shape index (κ3) is 5.73. The zero-order valence-corrected chi connectivity index (χ0v) is 18.0. The monoisotopic (exact) mass is 459 g/mol. The molecule has 152 valence electrons. The lowest BCUT2D eigenvalue weighted by Gasteiger charge is -2.28. The topological polar surface area (TPSA) is 59.2 Å². The number of hydrogen-bond donors (Lipinski definition) is 0. The molecule has 0 bridgehead atoms. The Balaban J connectivity index is 1.65. The summed E-state index contributed by atoms with van der Waals surface area (Å²) in [5, 5.41) is 4.04. The Kier molecular flexibility index (Phi) is 7.14. The average Bonchev–Trinajstić information content (AvgIpc) is 3.19. The van der Waals surface area contributed by atoms with E-state index in [0.29, 0.717) is 24.7 Å². The molecule has 0 aliphatic carbocycles. The van der Waals surface area contributed by atoms with Crippen LogP contribution >= 0.6 is 15.9 Å². The van der Waals surface area contributed by atoms with Gasteiger partial charge in [-0.05, 0) is 55.3 Å². The first-order valence-electron chi connectivity index (χ1n) is 9.58. The Labute approximate surface area is 178 Å². The quantitative estimate of drug-likeness (QED) is 0.472. The molecule has 7 heteroatoms. The highest BCUT2D eigenvalue weighted by Gasteiger charge is 2.20. The van der Waals surface area contributed by atoms with Gasteiger partial charge >= 0.3 is 0 Å². The first kappa shape index (κ1) is 21.2. The van der Waals surface area contributed by atoms with E-state index >= 15 is 0 Å². The molecule has 5 nitrogen and oxygen atoms in total. The van der Waals surface area contributed by atoms with Crippen LogP contribution in [0, 0.1) is 5.82 Å². The maximum Gasteiger partial charge on any atom is 0.228 e. The van der Waals surface area contributed by atoms with Gasteiger partial charge in [-0.15, -0.1) is 0 Å². The van der Waals surface area contributed by atoms with Gasteiger partial charge in [0.25, 0.3) is 0 Å². The van der Waals surface area contributed by atoms with E-state index in [1.165, 1.54) is 12.1 Å². The molecule has 1 atom stereocenters. The predicted molar refractivity (Wildman–Crippen MR) is 113 cm³/mol. The minimum atomic E-state index is -0.307. The van der Waals surface area contributed by atoms with Crippen LogP contribution in [-0.2, 0) is 17.6 Å². The summed E-state index contributed by atoms with van der Waals surface area (Å²) in [6.45, 7) is 4.54. The summed E-state index contributed by atoms with van der Waals surface area (Å²) in [7, 11) is 0. The third-order valence-electron chi connectivity index (χ3n) is 4.85. The minimum absolute atomic E-state index is 0.00129. The highest BCUT2D eigenvalue weighted by atomic mass is 79.9. The molecule has 0 aliphatic rings. The maximum atomic E-state index is 13.1. The highest BCUT2D eigenvalue weighted by Crippen LogP contribution is 2.19. The fourth-order valence-electron chi connectivity index (χ4n) is 2.98. The minimum Gasteiger partial charge on any atom is -0.339 e. The van der Waals surface area contributed by atoms with Crippen molar-refractivity contribution in [3.63, 3.8) is 0 Å². The molecular formula is C22H23BrFN3O2. The second kappa shape index (κ2) is 9.78. The van der Waals surface area contributed by atoms with Crippen LogP contribution in [0.25, 0.3) is 11.4 Å². The number of carbonyl (C=O) groups excluding carboxylic acids is 1. The fourth-order valence-corrected chi connectivity index (χ4v) is 3.24. The van der Waals surface area contributed by atoms with Gasteiger partial charge in [0.15, 0.2) is 0 Å². The number of hydrogen-bond acceptors (Lipinski definition) is 4. The molecule has 0 fully saturated rings. The molecule has 3 rings (SSSR count). The molecule has 1 amide bonds. The van der Waals surface area contributed by atoms with E-state index in [1.807, 2.05) is 43.0 Å². The first-order valence-corrected chi connectivity index (χ1v) is 10.4. The predicted octanol–water partition coefficient (Wildman–Crippen LogP) is 5.05. The van der Waals surface area contributed by atoms with E-state index in [-0.39, 0.29) is 24.2 Å². The van der Waals surface area contributed by atoms with Crippen molar-refractivity contribution in [2.75, 3.05) is 6.54 Å². The Morgan fingerprint density at radius 1 is 1.17 bits per heavy atom. The van der Waals surface area contributed by atoms with Crippen molar-refractivity contribution in [2.24, 2.45) is 0 Å². The standard InChI is InChI=1S/C22H23BrFN3O2/c1-3-15(2)27(21(28)14-16-4-10-19(24)11-5-16)13-12-20-25-22(26-29-20)17-6-8-18(23)9-7-17/h4-11,15H,3,12-14H2,1-2H3/t15-/m0/s1. The van der Waals surface area contributed by atoms with E-state index in [0.717, 1.165) is 22.0 Å². The van der Waals surface area contributed by atoms with Gasteiger partial charge in [0.05, 0.1) is 6.42 Å².